The summed E-state index contributed by atoms with van der Waals surface area (Å²) < 4.78 is 1.19. The minimum Gasteiger partial charge on any atom is -0.322 e. The van der Waals surface area contributed by atoms with Crippen molar-refractivity contribution in [3.63, 3.8) is 0 Å². The molecule has 0 spiro atoms. The third kappa shape index (κ3) is 0.980. The van der Waals surface area contributed by atoms with E-state index in [2.05, 4.69) is 21.9 Å². The predicted octanol–water partition coefficient (Wildman–Crippen LogP) is 2.07. The van der Waals surface area contributed by atoms with Gasteiger partial charge in [0.25, 0.3) is 0 Å². The van der Waals surface area contributed by atoms with Crippen LogP contribution in [-0.2, 0) is 12.8 Å². The van der Waals surface area contributed by atoms with Gasteiger partial charge in [0.15, 0.2) is 0 Å². The molecule has 1 aliphatic rings. The fourth-order valence-corrected chi connectivity index (χ4v) is 3.00. The number of nitrogens with one attached hydrogen (secondary N) is 1. The van der Waals surface area contributed by atoms with Crippen LogP contribution in [0, 0.1) is 0 Å². The zero-order chi connectivity index (χ0) is 9.54. The van der Waals surface area contributed by atoms with Crippen molar-refractivity contribution in [1.29, 1.82) is 0 Å². The molecule has 2 aromatic heterocycles. The zero-order valence-electron chi connectivity index (χ0n) is 7.71. The van der Waals surface area contributed by atoms with Gasteiger partial charge in [0.05, 0.1) is 15.9 Å². The molecule has 0 aliphatic heterocycles. The van der Waals surface area contributed by atoms with Crippen molar-refractivity contribution in [2.75, 3.05) is 5.43 Å². The van der Waals surface area contributed by atoms with E-state index in [9.17, 15) is 0 Å². The van der Waals surface area contributed by atoms with E-state index in [0.717, 1.165) is 24.0 Å². The summed E-state index contributed by atoms with van der Waals surface area (Å²) in [5.41, 5.74) is 7.54. The number of nitrogens with zero attached hydrogens (tertiary/aromatic N) is 1. The predicted molar refractivity (Wildman–Crippen MR) is 59.5 cm³/mol. The monoisotopic (exact) mass is 205 g/mol. The molecule has 0 saturated heterocycles. The van der Waals surface area contributed by atoms with Crippen LogP contribution in [-0.4, -0.2) is 4.98 Å². The van der Waals surface area contributed by atoms with E-state index in [1.807, 2.05) is 0 Å². The van der Waals surface area contributed by atoms with E-state index in [1.165, 1.54) is 22.4 Å². The van der Waals surface area contributed by atoms with Crippen LogP contribution in [0.15, 0.2) is 11.4 Å². The van der Waals surface area contributed by atoms with Gasteiger partial charge < -0.3 is 5.43 Å². The number of aromatic nitrogens is 1. The summed E-state index contributed by atoms with van der Waals surface area (Å²) in [7, 11) is 0. The van der Waals surface area contributed by atoms with Crippen molar-refractivity contribution in [3.05, 3.63) is 22.7 Å². The third-order valence-electron chi connectivity index (χ3n) is 2.76. The Morgan fingerprint density at radius 2 is 2.36 bits per heavy atom. The molecule has 0 bridgehead atoms. The summed E-state index contributed by atoms with van der Waals surface area (Å²) in [6.07, 6.45) is 3.40. The molecule has 0 atom stereocenters. The van der Waals surface area contributed by atoms with Gasteiger partial charge in [-0.2, -0.15) is 0 Å². The van der Waals surface area contributed by atoms with Gasteiger partial charge >= 0.3 is 0 Å². The first-order valence-corrected chi connectivity index (χ1v) is 5.63. The molecule has 0 saturated carbocycles. The van der Waals surface area contributed by atoms with Gasteiger partial charge in [0, 0.05) is 5.69 Å². The van der Waals surface area contributed by atoms with E-state index in [0.29, 0.717) is 0 Å². The van der Waals surface area contributed by atoms with Gasteiger partial charge in [0.2, 0.25) is 0 Å². The highest BCUT2D eigenvalue weighted by atomic mass is 32.1. The second-order valence-electron chi connectivity index (χ2n) is 3.54. The quantitative estimate of drug-likeness (QED) is 0.553. The average molecular weight is 205 g/mol. The number of aryl methyl sites for hydroxylation is 1. The molecule has 72 valence electrons. The second-order valence-corrected chi connectivity index (χ2v) is 4.46. The Hall–Kier alpha value is -1.13. The van der Waals surface area contributed by atoms with E-state index < -0.39 is 0 Å². The maximum absolute atomic E-state index is 5.58. The van der Waals surface area contributed by atoms with Crippen LogP contribution in [0.25, 0.3) is 10.2 Å². The highest BCUT2D eigenvalue weighted by Crippen LogP contribution is 2.35. The molecule has 1 aliphatic carbocycles. The summed E-state index contributed by atoms with van der Waals surface area (Å²) in [4.78, 5) is 4.64. The molecule has 3 nitrogen and oxygen atoms in total. The van der Waals surface area contributed by atoms with Crippen molar-refractivity contribution < 1.29 is 0 Å². The lowest BCUT2D eigenvalue weighted by Gasteiger charge is -2.08. The number of hydrazine groups is 1. The first-order chi connectivity index (χ1) is 6.90. The number of hydrogen-bond acceptors (Lipinski definition) is 4. The maximum Gasteiger partial charge on any atom is 0.0834 e. The molecular weight excluding hydrogens is 194 g/mol. The standard InChI is InChI=1S/C10H11N3S/c11-13-9-6-2-1-3-7(6)12-8-4-5-14-10(8)9/h4-5H,1-3,11H2,(H,12,13). The highest BCUT2D eigenvalue weighted by molar-refractivity contribution is 7.17. The van der Waals surface area contributed by atoms with Crippen molar-refractivity contribution in [1.82, 2.24) is 4.98 Å². The number of pyridine rings is 1. The molecule has 0 amide bonds. The summed E-state index contributed by atoms with van der Waals surface area (Å²) >= 11 is 1.70. The fraction of sp³-hybridized carbons (Fsp3) is 0.300. The largest absolute Gasteiger partial charge is 0.322 e. The normalized spacial score (nSPS) is 14.6. The van der Waals surface area contributed by atoms with Gasteiger partial charge in [-0.1, -0.05) is 0 Å². The summed E-state index contributed by atoms with van der Waals surface area (Å²) in [5.74, 6) is 5.58. The molecule has 3 rings (SSSR count). The van der Waals surface area contributed by atoms with Crippen LogP contribution in [0.5, 0.6) is 0 Å². The van der Waals surface area contributed by atoms with Gasteiger partial charge in [-0.3, -0.25) is 10.8 Å². The van der Waals surface area contributed by atoms with Crippen molar-refractivity contribution in [2.45, 2.75) is 19.3 Å². The number of rotatable bonds is 1. The molecule has 0 fully saturated rings. The number of nitrogen functional groups attached to an aromatic ring is 1. The van der Waals surface area contributed by atoms with E-state index in [1.54, 1.807) is 11.3 Å². The molecule has 0 aromatic carbocycles. The van der Waals surface area contributed by atoms with E-state index in [4.69, 9.17) is 5.84 Å². The van der Waals surface area contributed by atoms with Gasteiger partial charge in [0.1, 0.15) is 0 Å². The van der Waals surface area contributed by atoms with Crippen molar-refractivity contribution >= 4 is 27.2 Å². The molecule has 4 heteroatoms. The Morgan fingerprint density at radius 1 is 1.43 bits per heavy atom. The van der Waals surface area contributed by atoms with Gasteiger partial charge in [-0.25, -0.2) is 0 Å². The minimum atomic E-state index is 1.07. The molecule has 0 radical (unpaired) electrons. The zero-order valence-corrected chi connectivity index (χ0v) is 8.53. The lowest BCUT2D eigenvalue weighted by molar-refractivity contribution is 0.901. The number of fused-ring (bicyclic) bond motifs is 2. The molecule has 3 N–H and O–H groups in total. The lowest BCUT2D eigenvalue weighted by Crippen LogP contribution is -2.09. The first-order valence-electron chi connectivity index (χ1n) is 4.75. The Balaban J connectivity index is 2.40. The Kier molecular flexibility index (Phi) is 1.72. The summed E-state index contributed by atoms with van der Waals surface area (Å²) in [6.45, 7) is 0. The topological polar surface area (TPSA) is 50.9 Å². The molecular formula is C10H11N3S. The molecule has 2 heterocycles. The van der Waals surface area contributed by atoms with E-state index >= 15 is 0 Å². The smallest absolute Gasteiger partial charge is 0.0834 e. The Morgan fingerprint density at radius 3 is 3.21 bits per heavy atom. The van der Waals surface area contributed by atoms with Gasteiger partial charge in [-0.05, 0) is 36.3 Å². The highest BCUT2D eigenvalue weighted by Gasteiger charge is 2.19. The van der Waals surface area contributed by atoms with Crippen molar-refractivity contribution in [2.24, 2.45) is 5.84 Å². The molecule has 14 heavy (non-hydrogen) atoms. The summed E-state index contributed by atoms with van der Waals surface area (Å²) in [6, 6.07) is 2.06. The van der Waals surface area contributed by atoms with Crippen LogP contribution in [0.1, 0.15) is 17.7 Å². The Labute approximate surface area is 85.9 Å². The SMILES string of the molecule is NNc1c2c(nc3ccsc13)CCC2. The minimum absolute atomic E-state index is 1.07. The van der Waals surface area contributed by atoms with Crippen LogP contribution >= 0.6 is 11.3 Å². The van der Waals surface area contributed by atoms with E-state index in [-0.39, 0.29) is 0 Å². The Bertz CT molecular complexity index is 489. The maximum atomic E-state index is 5.58. The number of hydrogen-bond donors (Lipinski definition) is 2. The first kappa shape index (κ1) is 8.20. The lowest BCUT2D eigenvalue weighted by atomic mass is 10.1. The molecule has 0 unspecified atom stereocenters. The van der Waals surface area contributed by atoms with Crippen LogP contribution in [0.3, 0.4) is 0 Å². The average Bonchev–Trinajstić information content (AvgIpc) is 2.80. The molecule has 2 aromatic rings. The third-order valence-corrected chi connectivity index (χ3v) is 3.68. The van der Waals surface area contributed by atoms with Crippen LogP contribution in [0.2, 0.25) is 0 Å². The number of anilines is 1. The van der Waals surface area contributed by atoms with Crippen LogP contribution < -0.4 is 11.3 Å². The van der Waals surface area contributed by atoms with Gasteiger partial charge in [-0.15, -0.1) is 11.3 Å². The van der Waals surface area contributed by atoms with Crippen molar-refractivity contribution in [3.8, 4) is 0 Å². The number of nitrogens with two attached hydrogens (primary N) is 1. The summed E-state index contributed by atoms with van der Waals surface area (Å²) in [5, 5.41) is 2.06. The number of thiophene rings is 1. The second kappa shape index (κ2) is 2.93. The fourth-order valence-electron chi connectivity index (χ4n) is 2.13. The van der Waals surface area contributed by atoms with Crippen LogP contribution in [0.4, 0.5) is 5.69 Å².